The molecule has 1 aromatic heterocycles. The average molecular weight is 276 g/mol. The fourth-order valence-corrected chi connectivity index (χ4v) is 2.65. The summed E-state index contributed by atoms with van der Waals surface area (Å²) in [4.78, 5) is 4.58. The molecule has 100 valence electrons. The average Bonchev–Trinajstić information content (AvgIpc) is 3.15. The van der Waals surface area contributed by atoms with Gasteiger partial charge in [0.1, 0.15) is 0 Å². The number of nitrogens with zero attached hydrogens (tertiary/aromatic N) is 2. The molecule has 2 aromatic rings. The third kappa shape index (κ3) is 2.61. The molecule has 1 N–H and O–H groups in total. The van der Waals surface area contributed by atoms with Crippen molar-refractivity contribution >= 4 is 17.5 Å². The summed E-state index contributed by atoms with van der Waals surface area (Å²) in [5.74, 6) is 0.951. The van der Waals surface area contributed by atoms with E-state index in [1.54, 1.807) is 0 Å². The molecular weight excluding hydrogens is 258 g/mol. The topological polar surface area (TPSA) is 29.9 Å². The third-order valence-corrected chi connectivity index (χ3v) is 3.85. The lowest BCUT2D eigenvalue weighted by atomic mass is 10.1. The molecule has 1 unspecified atom stereocenters. The van der Waals surface area contributed by atoms with Crippen LogP contribution in [0.5, 0.6) is 0 Å². The number of hydrogen-bond acceptors (Lipinski definition) is 2. The number of halogens is 1. The summed E-state index contributed by atoms with van der Waals surface area (Å²) in [7, 11) is 0. The summed E-state index contributed by atoms with van der Waals surface area (Å²) in [6, 6.07) is 8.71. The van der Waals surface area contributed by atoms with Crippen LogP contribution in [0.1, 0.15) is 43.1 Å². The van der Waals surface area contributed by atoms with Crippen LogP contribution in [0.3, 0.4) is 0 Å². The third-order valence-electron chi connectivity index (χ3n) is 3.51. The number of rotatable bonds is 4. The van der Waals surface area contributed by atoms with E-state index in [1.807, 2.05) is 25.1 Å². The van der Waals surface area contributed by atoms with Gasteiger partial charge in [0.25, 0.3) is 0 Å². The molecule has 3 rings (SSSR count). The molecule has 0 bridgehead atoms. The number of benzene rings is 1. The molecule has 1 fully saturated rings. The van der Waals surface area contributed by atoms with E-state index in [9.17, 15) is 0 Å². The Morgan fingerprint density at radius 2 is 2.11 bits per heavy atom. The zero-order chi connectivity index (χ0) is 13.4. The number of aryl methyl sites for hydroxylation is 1. The van der Waals surface area contributed by atoms with E-state index in [0.29, 0.717) is 6.04 Å². The lowest BCUT2D eigenvalue weighted by molar-refractivity contribution is 0.727. The Morgan fingerprint density at radius 1 is 1.37 bits per heavy atom. The van der Waals surface area contributed by atoms with Gasteiger partial charge in [-0.05, 0) is 38.3 Å². The highest BCUT2D eigenvalue weighted by atomic mass is 35.5. The van der Waals surface area contributed by atoms with Gasteiger partial charge in [0.05, 0.1) is 11.7 Å². The van der Waals surface area contributed by atoms with Crippen LogP contribution in [-0.2, 0) is 0 Å². The second-order valence-electron chi connectivity index (χ2n) is 5.23. The second-order valence-corrected chi connectivity index (χ2v) is 5.64. The van der Waals surface area contributed by atoms with Crippen molar-refractivity contribution in [2.45, 2.75) is 38.8 Å². The Labute approximate surface area is 118 Å². The number of anilines is 1. The Hall–Kier alpha value is -1.48. The number of aromatic nitrogens is 2. The van der Waals surface area contributed by atoms with Crippen molar-refractivity contribution < 1.29 is 0 Å². The largest absolute Gasteiger partial charge is 0.349 e. The molecule has 0 aliphatic heterocycles. The highest BCUT2D eigenvalue weighted by Crippen LogP contribution is 2.38. The van der Waals surface area contributed by atoms with Gasteiger partial charge in [-0.1, -0.05) is 29.8 Å². The monoisotopic (exact) mass is 275 g/mol. The van der Waals surface area contributed by atoms with Crippen LogP contribution >= 0.6 is 11.6 Å². The molecule has 3 nitrogen and oxygen atoms in total. The van der Waals surface area contributed by atoms with Crippen LogP contribution in [0, 0.1) is 6.92 Å². The van der Waals surface area contributed by atoms with Crippen LogP contribution in [-0.4, -0.2) is 9.55 Å². The first-order valence-corrected chi connectivity index (χ1v) is 7.09. The number of hydrogen-bond donors (Lipinski definition) is 1. The molecule has 0 spiro atoms. The predicted molar refractivity (Wildman–Crippen MR) is 78.7 cm³/mol. The molecule has 1 saturated carbocycles. The lowest BCUT2D eigenvalue weighted by Gasteiger charge is -2.17. The van der Waals surface area contributed by atoms with Crippen LogP contribution in [0.4, 0.5) is 5.95 Å². The van der Waals surface area contributed by atoms with Crippen LogP contribution in [0.25, 0.3) is 0 Å². The molecule has 0 amide bonds. The Kier molecular flexibility index (Phi) is 3.23. The van der Waals surface area contributed by atoms with Gasteiger partial charge in [-0.2, -0.15) is 0 Å². The fourth-order valence-electron chi connectivity index (χ4n) is 2.35. The van der Waals surface area contributed by atoms with Crippen molar-refractivity contribution in [3.8, 4) is 0 Å². The molecule has 4 heteroatoms. The number of imidazole rings is 1. The Bertz CT molecular complexity index is 587. The van der Waals surface area contributed by atoms with Gasteiger partial charge in [-0.25, -0.2) is 4.98 Å². The molecule has 19 heavy (non-hydrogen) atoms. The normalized spacial score (nSPS) is 16.4. The van der Waals surface area contributed by atoms with Crippen LogP contribution in [0.15, 0.2) is 30.5 Å². The molecule has 1 aromatic carbocycles. The van der Waals surface area contributed by atoms with Crippen molar-refractivity contribution in [3.05, 3.63) is 46.7 Å². The van der Waals surface area contributed by atoms with E-state index >= 15 is 0 Å². The molecular formula is C15H18ClN3. The second kappa shape index (κ2) is 4.89. The minimum Gasteiger partial charge on any atom is -0.349 e. The maximum absolute atomic E-state index is 6.24. The van der Waals surface area contributed by atoms with Crippen molar-refractivity contribution in [3.63, 3.8) is 0 Å². The summed E-state index contributed by atoms with van der Waals surface area (Å²) in [5.41, 5.74) is 2.16. The van der Waals surface area contributed by atoms with Gasteiger partial charge in [-0.15, -0.1) is 0 Å². The van der Waals surface area contributed by atoms with Gasteiger partial charge in [0.15, 0.2) is 0 Å². The summed E-state index contributed by atoms with van der Waals surface area (Å²) in [6.07, 6.45) is 4.63. The summed E-state index contributed by atoms with van der Waals surface area (Å²) in [5, 5.41) is 4.27. The Morgan fingerprint density at radius 3 is 2.79 bits per heavy atom. The maximum atomic E-state index is 6.24. The molecule has 0 radical (unpaired) electrons. The highest BCUT2D eigenvalue weighted by molar-refractivity contribution is 6.31. The van der Waals surface area contributed by atoms with E-state index in [-0.39, 0.29) is 6.04 Å². The number of nitrogens with one attached hydrogen (secondary N) is 1. The van der Waals surface area contributed by atoms with E-state index < -0.39 is 0 Å². The minimum atomic E-state index is 0.146. The first-order chi connectivity index (χ1) is 9.15. The van der Waals surface area contributed by atoms with Crippen molar-refractivity contribution in [2.75, 3.05) is 5.32 Å². The predicted octanol–water partition coefficient (Wildman–Crippen LogP) is 4.35. The highest BCUT2D eigenvalue weighted by Gasteiger charge is 2.26. The van der Waals surface area contributed by atoms with E-state index in [1.165, 1.54) is 12.8 Å². The smallest absolute Gasteiger partial charge is 0.203 e. The zero-order valence-corrected chi connectivity index (χ0v) is 12.0. The quantitative estimate of drug-likeness (QED) is 0.899. The van der Waals surface area contributed by atoms with E-state index in [0.717, 1.165) is 22.2 Å². The first-order valence-electron chi connectivity index (χ1n) is 6.71. The SMILES string of the molecule is Cc1cn(C2CC2)c(NC(C)c2ccccc2Cl)n1. The van der Waals surface area contributed by atoms with Gasteiger partial charge in [0.2, 0.25) is 5.95 Å². The summed E-state index contributed by atoms with van der Waals surface area (Å²) in [6.45, 7) is 4.15. The maximum Gasteiger partial charge on any atom is 0.203 e. The van der Waals surface area contributed by atoms with E-state index in [2.05, 4.69) is 34.1 Å². The van der Waals surface area contributed by atoms with Crippen LogP contribution in [0.2, 0.25) is 5.02 Å². The van der Waals surface area contributed by atoms with Crippen molar-refractivity contribution in [1.82, 2.24) is 9.55 Å². The van der Waals surface area contributed by atoms with Gasteiger partial charge >= 0.3 is 0 Å². The summed E-state index contributed by atoms with van der Waals surface area (Å²) >= 11 is 6.24. The van der Waals surface area contributed by atoms with Crippen molar-refractivity contribution in [2.24, 2.45) is 0 Å². The Balaban J connectivity index is 1.83. The molecule has 1 aliphatic carbocycles. The molecule has 1 heterocycles. The van der Waals surface area contributed by atoms with Gasteiger partial charge in [0, 0.05) is 17.3 Å². The zero-order valence-electron chi connectivity index (χ0n) is 11.2. The van der Waals surface area contributed by atoms with Gasteiger partial charge in [-0.3, -0.25) is 0 Å². The van der Waals surface area contributed by atoms with E-state index in [4.69, 9.17) is 11.6 Å². The molecule has 0 saturated heterocycles. The first kappa shape index (κ1) is 12.5. The van der Waals surface area contributed by atoms with Crippen molar-refractivity contribution in [1.29, 1.82) is 0 Å². The minimum absolute atomic E-state index is 0.146. The standard InChI is InChI=1S/C15H18ClN3/c1-10-9-19(12-7-8-12)15(17-10)18-11(2)13-5-3-4-6-14(13)16/h3-6,9,11-12H,7-8H2,1-2H3,(H,17,18). The van der Waals surface area contributed by atoms with Gasteiger partial charge < -0.3 is 9.88 Å². The lowest BCUT2D eigenvalue weighted by Crippen LogP contribution is -2.11. The summed E-state index contributed by atoms with van der Waals surface area (Å²) < 4.78 is 2.25. The molecule has 1 atom stereocenters. The van der Waals surface area contributed by atoms with Crippen LogP contribution < -0.4 is 5.32 Å². The fraction of sp³-hybridized carbons (Fsp3) is 0.400. The molecule has 1 aliphatic rings.